The molecule has 0 radical (unpaired) electrons. The third-order valence-electron chi connectivity index (χ3n) is 4.59. The van der Waals surface area contributed by atoms with Crippen LogP contribution in [0, 0.1) is 0 Å². The fraction of sp³-hybridized carbons (Fsp3) is 0.368. The summed E-state index contributed by atoms with van der Waals surface area (Å²) in [5, 5.41) is 12.6. The summed E-state index contributed by atoms with van der Waals surface area (Å²) in [4.78, 5) is 24.3. The van der Waals surface area contributed by atoms with E-state index in [4.69, 9.17) is 4.74 Å². The number of hydrogen-bond acceptors (Lipinski definition) is 8. The van der Waals surface area contributed by atoms with Gasteiger partial charge in [-0.3, -0.25) is 9.48 Å². The van der Waals surface area contributed by atoms with Crippen molar-refractivity contribution in [2.75, 3.05) is 49.6 Å². The summed E-state index contributed by atoms with van der Waals surface area (Å²) in [5.74, 6) is 1.46. The summed E-state index contributed by atoms with van der Waals surface area (Å²) >= 11 is 1.60. The molecule has 1 amide bonds. The number of nitrogens with zero attached hydrogens (tertiary/aromatic N) is 5. The molecule has 152 valence electrons. The molecule has 1 saturated heterocycles. The van der Waals surface area contributed by atoms with Crippen molar-refractivity contribution < 1.29 is 9.53 Å². The van der Waals surface area contributed by atoms with Gasteiger partial charge in [0.05, 0.1) is 18.1 Å². The first kappa shape index (κ1) is 19.3. The normalized spacial score (nSPS) is 14.0. The van der Waals surface area contributed by atoms with Gasteiger partial charge in [-0.25, -0.2) is 9.97 Å². The summed E-state index contributed by atoms with van der Waals surface area (Å²) in [6.07, 6.45) is 1.55. The second-order valence-electron chi connectivity index (χ2n) is 6.56. The Labute approximate surface area is 172 Å². The molecule has 3 aromatic heterocycles. The molecule has 3 aromatic rings. The summed E-state index contributed by atoms with van der Waals surface area (Å²) in [6, 6.07) is 7.69. The van der Waals surface area contributed by atoms with Gasteiger partial charge in [-0.15, -0.1) is 11.3 Å². The van der Waals surface area contributed by atoms with Crippen molar-refractivity contribution in [3.05, 3.63) is 41.7 Å². The monoisotopic (exact) mass is 413 g/mol. The highest BCUT2D eigenvalue weighted by Gasteiger charge is 2.15. The van der Waals surface area contributed by atoms with Crippen LogP contribution in [0.2, 0.25) is 0 Å². The number of anilines is 2. The molecule has 0 unspecified atom stereocenters. The highest BCUT2D eigenvalue weighted by atomic mass is 32.1. The van der Waals surface area contributed by atoms with Crippen molar-refractivity contribution in [2.45, 2.75) is 0 Å². The number of aryl methyl sites for hydroxylation is 1. The second kappa shape index (κ2) is 9.01. The average molecular weight is 414 g/mol. The maximum absolute atomic E-state index is 12.5. The Kier molecular flexibility index (Phi) is 6.01. The van der Waals surface area contributed by atoms with E-state index in [1.165, 1.54) is 0 Å². The first-order valence-electron chi connectivity index (χ1n) is 9.45. The van der Waals surface area contributed by atoms with Crippen molar-refractivity contribution in [3.8, 4) is 10.6 Å². The van der Waals surface area contributed by atoms with Crippen LogP contribution in [-0.2, 0) is 11.8 Å². The minimum atomic E-state index is -0.152. The highest BCUT2D eigenvalue weighted by molar-refractivity contribution is 7.13. The van der Waals surface area contributed by atoms with Gasteiger partial charge in [-0.2, -0.15) is 5.10 Å². The van der Waals surface area contributed by atoms with Crippen LogP contribution in [0.5, 0.6) is 0 Å². The van der Waals surface area contributed by atoms with E-state index in [1.54, 1.807) is 29.4 Å². The number of nitrogens with one attached hydrogen (secondary N) is 2. The zero-order valence-electron chi connectivity index (χ0n) is 16.2. The van der Waals surface area contributed by atoms with Crippen LogP contribution in [0.3, 0.4) is 0 Å². The van der Waals surface area contributed by atoms with Gasteiger partial charge in [0.2, 0.25) is 0 Å². The van der Waals surface area contributed by atoms with Gasteiger partial charge in [-0.1, -0.05) is 6.07 Å². The summed E-state index contributed by atoms with van der Waals surface area (Å²) < 4.78 is 6.98. The Morgan fingerprint density at radius 2 is 2.10 bits per heavy atom. The number of carbonyl (C=O) groups is 1. The van der Waals surface area contributed by atoms with Crippen LogP contribution in [0.15, 0.2) is 36.0 Å². The standard InChI is InChI=1S/C19H23N7O2S/c1-25-15(11-14(24-25)16-3-2-10-29-16)19(27)21-5-4-20-17-12-18(23-13-22-17)26-6-8-28-9-7-26/h2-3,10-13H,4-9H2,1H3,(H,21,27)(H,20,22,23). The van der Waals surface area contributed by atoms with Crippen molar-refractivity contribution >= 4 is 28.9 Å². The van der Waals surface area contributed by atoms with Gasteiger partial charge >= 0.3 is 0 Å². The molecule has 0 bridgehead atoms. The topological polar surface area (TPSA) is 97.2 Å². The lowest BCUT2D eigenvalue weighted by Crippen LogP contribution is -2.36. The molecule has 29 heavy (non-hydrogen) atoms. The molecule has 0 spiro atoms. The van der Waals surface area contributed by atoms with Crippen LogP contribution < -0.4 is 15.5 Å². The van der Waals surface area contributed by atoms with E-state index in [1.807, 2.05) is 29.6 Å². The molecular weight excluding hydrogens is 390 g/mol. The van der Waals surface area contributed by atoms with E-state index in [0.29, 0.717) is 32.0 Å². The third-order valence-corrected chi connectivity index (χ3v) is 5.48. The number of thiophene rings is 1. The minimum Gasteiger partial charge on any atom is -0.378 e. The molecule has 9 nitrogen and oxygen atoms in total. The van der Waals surface area contributed by atoms with Crippen molar-refractivity contribution in [3.63, 3.8) is 0 Å². The Bertz CT molecular complexity index is 951. The summed E-state index contributed by atoms with van der Waals surface area (Å²) in [7, 11) is 1.78. The second-order valence-corrected chi connectivity index (χ2v) is 7.51. The molecule has 10 heteroatoms. The Morgan fingerprint density at radius 1 is 1.24 bits per heavy atom. The number of morpholine rings is 1. The zero-order valence-corrected chi connectivity index (χ0v) is 17.0. The predicted octanol–water partition coefficient (Wildman–Crippen LogP) is 1.62. The summed E-state index contributed by atoms with van der Waals surface area (Å²) in [6.45, 7) is 4.09. The van der Waals surface area contributed by atoms with Gasteiger partial charge in [0.25, 0.3) is 5.91 Å². The van der Waals surface area contributed by atoms with Crippen molar-refractivity contribution in [2.24, 2.45) is 7.05 Å². The Balaban J connectivity index is 1.28. The van der Waals surface area contributed by atoms with Gasteiger partial charge < -0.3 is 20.3 Å². The quantitative estimate of drug-likeness (QED) is 0.568. The fourth-order valence-electron chi connectivity index (χ4n) is 3.09. The first-order chi connectivity index (χ1) is 14.2. The average Bonchev–Trinajstić information content (AvgIpc) is 3.42. The van der Waals surface area contributed by atoms with Gasteiger partial charge in [0.15, 0.2) is 0 Å². The fourth-order valence-corrected chi connectivity index (χ4v) is 3.77. The molecule has 1 aliphatic rings. The van der Waals surface area contributed by atoms with Gasteiger partial charge in [0.1, 0.15) is 29.4 Å². The van der Waals surface area contributed by atoms with E-state index in [0.717, 1.165) is 35.3 Å². The number of rotatable bonds is 7. The van der Waals surface area contributed by atoms with Crippen LogP contribution >= 0.6 is 11.3 Å². The van der Waals surface area contributed by atoms with Crippen molar-refractivity contribution in [1.82, 2.24) is 25.1 Å². The lowest BCUT2D eigenvalue weighted by Gasteiger charge is -2.27. The van der Waals surface area contributed by atoms with Gasteiger partial charge in [0, 0.05) is 39.3 Å². The minimum absolute atomic E-state index is 0.152. The SMILES string of the molecule is Cn1nc(-c2cccs2)cc1C(=O)NCCNc1cc(N2CCOCC2)ncn1. The number of amides is 1. The zero-order chi connectivity index (χ0) is 20.1. The Hall–Kier alpha value is -2.98. The number of hydrogen-bond donors (Lipinski definition) is 2. The third kappa shape index (κ3) is 4.72. The number of ether oxygens (including phenoxy) is 1. The molecule has 2 N–H and O–H groups in total. The molecule has 0 aromatic carbocycles. The van der Waals surface area contributed by atoms with E-state index in [9.17, 15) is 4.79 Å². The Morgan fingerprint density at radius 3 is 2.90 bits per heavy atom. The highest BCUT2D eigenvalue weighted by Crippen LogP contribution is 2.23. The lowest BCUT2D eigenvalue weighted by atomic mass is 10.3. The molecule has 1 aliphatic heterocycles. The molecule has 0 saturated carbocycles. The van der Waals surface area contributed by atoms with Crippen molar-refractivity contribution in [1.29, 1.82) is 0 Å². The van der Waals surface area contributed by atoms with E-state index < -0.39 is 0 Å². The molecule has 0 atom stereocenters. The smallest absolute Gasteiger partial charge is 0.269 e. The largest absolute Gasteiger partial charge is 0.378 e. The maximum Gasteiger partial charge on any atom is 0.269 e. The molecule has 1 fully saturated rings. The molecule has 4 heterocycles. The maximum atomic E-state index is 12.5. The molecule has 0 aliphatic carbocycles. The van der Waals surface area contributed by atoms with Crippen LogP contribution in [-0.4, -0.2) is 65.0 Å². The molecule has 4 rings (SSSR count). The number of aromatic nitrogens is 4. The van der Waals surface area contributed by atoms with Crippen LogP contribution in [0.4, 0.5) is 11.6 Å². The first-order valence-corrected chi connectivity index (χ1v) is 10.3. The van der Waals surface area contributed by atoms with E-state index >= 15 is 0 Å². The van der Waals surface area contributed by atoms with E-state index in [-0.39, 0.29) is 5.91 Å². The molecular formula is C19H23N7O2S. The summed E-state index contributed by atoms with van der Waals surface area (Å²) in [5.41, 5.74) is 1.34. The van der Waals surface area contributed by atoms with Gasteiger partial charge in [-0.05, 0) is 17.5 Å². The predicted molar refractivity (Wildman–Crippen MR) is 112 cm³/mol. The van der Waals surface area contributed by atoms with Crippen LogP contribution in [0.1, 0.15) is 10.5 Å². The van der Waals surface area contributed by atoms with E-state index in [2.05, 4.69) is 30.6 Å². The lowest BCUT2D eigenvalue weighted by molar-refractivity contribution is 0.0945. The number of carbonyl (C=O) groups excluding carboxylic acids is 1. The van der Waals surface area contributed by atoms with Crippen LogP contribution in [0.25, 0.3) is 10.6 Å².